The molecule has 0 aliphatic carbocycles. The van der Waals surface area contributed by atoms with E-state index in [0.29, 0.717) is 18.7 Å². The lowest BCUT2D eigenvalue weighted by atomic mass is 9.98. The van der Waals surface area contributed by atoms with Crippen LogP contribution in [-0.4, -0.2) is 238 Å². The number of piperidine rings is 1. The maximum Gasteiger partial charge on any atom is 0.248 e. The molecule has 3 aliphatic heterocycles. The number of fused-ring (bicyclic) bond motifs is 4. The Labute approximate surface area is 506 Å². The van der Waals surface area contributed by atoms with Crippen LogP contribution in [-0.2, 0) is 65.5 Å². The lowest BCUT2D eigenvalue weighted by Gasteiger charge is -2.40. The number of aliphatic hydroxyl groups is 1. The van der Waals surface area contributed by atoms with Crippen LogP contribution in [0, 0.1) is 11.8 Å². The smallest absolute Gasteiger partial charge is 0.248 e. The van der Waals surface area contributed by atoms with Crippen LogP contribution >= 0.6 is 11.8 Å². The van der Waals surface area contributed by atoms with E-state index in [1.807, 2.05) is 64.1 Å². The second-order valence-electron chi connectivity index (χ2n) is 24.6. The van der Waals surface area contributed by atoms with Crippen molar-refractivity contribution in [1.29, 1.82) is 0 Å². The molecule has 10 atom stereocenters. The summed E-state index contributed by atoms with van der Waals surface area (Å²) >= 11 is 1.27. The van der Waals surface area contributed by atoms with Crippen molar-refractivity contribution < 1.29 is 57.8 Å². The number of amides is 10. The molecule has 3 fully saturated rings. The van der Waals surface area contributed by atoms with E-state index in [4.69, 9.17) is 4.74 Å². The van der Waals surface area contributed by atoms with Crippen LogP contribution in [0.25, 0.3) is 0 Å². The Balaban J connectivity index is 1.66. The van der Waals surface area contributed by atoms with Crippen molar-refractivity contribution >= 4 is 70.8 Å². The first-order valence-corrected chi connectivity index (χ1v) is 30.8. The number of carbonyl (C=O) groups excluding carboxylic acids is 10. The molecule has 23 heteroatoms. The number of aliphatic hydroxyl groups excluding tert-OH is 1. The number of hydrogen-bond donors (Lipinski definition) is 4. The molecule has 0 saturated carbocycles. The van der Waals surface area contributed by atoms with Gasteiger partial charge >= 0.3 is 0 Å². The van der Waals surface area contributed by atoms with Gasteiger partial charge in [-0.3, -0.25) is 47.9 Å². The Hall–Kier alpha value is -6.59. The zero-order valence-electron chi connectivity index (χ0n) is 52.4. The molecule has 22 nitrogen and oxygen atoms in total. The van der Waals surface area contributed by atoms with E-state index in [-0.39, 0.29) is 55.6 Å². The summed E-state index contributed by atoms with van der Waals surface area (Å²) in [6, 6.07) is 7.94. The van der Waals surface area contributed by atoms with Crippen LogP contribution in [0.2, 0.25) is 0 Å². The number of ether oxygens (including phenoxy) is 1. The first-order chi connectivity index (χ1) is 39.9. The first-order valence-electron chi connectivity index (χ1n) is 29.7. The lowest BCUT2D eigenvalue weighted by molar-refractivity contribution is -0.153. The van der Waals surface area contributed by atoms with Crippen molar-refractivity contribution in [3.05, 3.63) is 71.8 Å². The number of likely N-dealkylation sites (tertiary alicyclic amines) is 1. The van der Waals surface area contributed by atoms with E-state index in [0.717, 1.165) is 29.7 Å². The molecule has 0 spiro atoms. The number of benzene rings is 2. The molecule has 2 bridgehead atoms. The number of hydrogen-bond acceptors (Lipinski definition) is 13. The molecule has 10 amide bonds. The third-order valence-corrected chi connectivity index (χ3v) is 18.3. The van der Waals surface area contributed by atoms with Crippen molar-refractivity contribution in [3.63, 3.8) is 0 Å². The molecule has 2 aromatic carbocycles. The molecule has 85 heavy (non-hydrogen) atoms. The van der Waals surface area contributed by atoms with Crippen LogP contribution in [0.3, 0.4) is 0 Å². The maximum absolute atomic E-state index is 15.2. The average Bonchev–Trinajstić information content (AvgIpc) is 3.14. The molecule has 3 saturated heterocycles. The van der Waals surface area contributed by atoms with Gasteiger partial charge in [0.05, 0.1) is 24.9 Å². The fourth-order valence-electron chi connectivity index (χ4n) is 10.9. The Morgan fingerprint density at radius 1 is 0.612 bits per heavy atom. The van der Waals surface area contributed by atoms with Gasteiger partial charge in [-0.05, 0) is 82.8 Å². The highest BCUT2D eigenvalue weighted by molar-refractivity contribution is 8.00. The second-order valence-corrected chi connectivity index (χ2v) is 25.8. The van der Waals surface area contributed by atoms with E-state index < -0.39 is 132 Å². The van der Waals surface area contributed by atoms with E-state index in [9.17, 15) is 38.7 Å². The standard InChI is InChI=1S/C62H94N10O12S/c1-38(2)30-46-55(77)63-44-36-84-62(7,8)50(85-37-45(64-54(44)76)58(80)72-28-22-17-23-29-72)34-51(74)69(12)48(32-42-24-18-15-19-25-42)59(81)67(10)40(5)57(79)71(14)49(33-43-26-20-16-21-27-43)60(82)70(13)47(31-39(3)4)56(78)65-53(41(6)73)61(83)66(9)35-52(75)68(46)11/h15-16,18-21,24-27,38-41,44-50,53,73H,17,22-23,28-37H2,1-14H3,(H,63,77)(H,64,76)(H,65,78)/t40-,41+,44-,45-,46-,47-,48-,49-,50?,53-/m0/s1. The van der Waals surface area contributed by atoms with Crippen molar-refractivity contribution in [2.75, 3.05) is 74.3 Å². The summed E-state index contributed by atoms with van der Waals surface area (Å²) in [5, 5.41) is 18.8. The third kappa shape index (κ3) is 18.5. The molecule has 3 heterocycles. The molecule has 3 aliphatic rings. The number of likely N-dealkylation sites (N-methyl/N-ethyl adjacent to an activating group) is 6. The molecule has 4 N–H and O–H groups in total. The number of nitrogens with zero attached hydrogens (tertiary/aromatic N) is 7. The summed E-state index contributed by atoms with van der Waals surface area (Å²) < 4.78 is 6.56. The van der Waals surface area contributed by atoms with Gasteiger partial charge in [0.2, 0.25) is 59.1 Å². The van der Waals surface area contributed by atoms with Gasteiger partial charge < -0.3 is 60.1 Å². The van der Waals surface area contributed by atoms with Crippen molar-refractivity contribution in [1.82, 2.24) is 50.2 Å². The van der Waals surface area contributed by atoms with Crippen LogP contribution < -0.4 is 16.0 Å². The summed E-state index contributed by atoms with van der Waals surface area (Å²) in [6.07, 6.45) is 1.04. The van der Waals surface area contributed by atoms with Gasteiger partial charge in [0.25, 0.3) is 0 Å². The zero-order chi connectivity index (χ0) is 63.2. The largest absolute Gasteiger partial charge is 0.391 e. The van der Waals surface area contributed by atoms with Crippen LogP contribution in [0.15, 0.2) is 60.7 Å². The number of nitrogens with one attached hydrogen (secondary N) is 3. The van der Waals surface area contributed by atoms with Crippen molar-refractivity contribution in [2.24, 2.45) is 11.8 Å². The zero-order valence-corrected chi connectivity index (χ0v) is 53.2. The molecule has 1 unspecified atom stereocenters. The van der Waals surface area contributed by atoms with Crippen LogP contribution in [0.4, 0.5) is 0 Å². The average molecular weight is 1200 g/mol. The van der Waals surface area contributed by atoms with E-state index in [2.05, 4.69) is 16.0 Å². The van der Waals surface area contributed by atoms with E-state index in [1.165, 1.54) is 92.4 Å². The molecule has 0 radical (unpaired) electrons. The van der Waals surface area contributed by atoms with Gasteiger partial charge in [0.1, 0.15) is 48.3 Å². The van der Waals surface area contributed by atoms with E-state index in [1.54, 1.807) is 43.0 Å². The highest BCUT2D eigenvalue weighted by atomic mass is 32.2. The van der Waals surface area contributed by atoms with Gasteiger partial charge in [-0.1, -0.05) is 88.4 Å². The predicted octanol–water partition coefficient (Wildman–Crippen LogP) is 2.34. The highest BCUT2D eigenvalue weighted by Gasteiger charge is 2.44. The SMILES string of the molecule is CC(C)C[C@H]1C(=O)N[C@H]2COC(C)(C)C(CC(=O)N(C)[C@@H](Cc3ccccc3)C(=O)N(C)[C@@H](C)C(=O)N(C)[C@@H](Cc3ccccc3)C(=O)N(C)[C@@H](CC(C)C)C(=O)N[C@@H]([C@@H](C)O)C(=O)N(C)CC(=O)N1C)SC[C@@H](C(=O)N1CCCCC1)NC2=O. The number of carbonyl (C=O) groups is 10. The Morgan fingerprint density at radius 2 is 1.09 bits per heavy atom. The molecule has 5 rings (SSSR count). The Morgan fingerprint density at radius 3 is 1.62 bits per heavy atom. The summed E-state index contributed by atoms with van der Waals surface area (Å²) in [6.45, 7) is 13.7. The summed E-state index contributed by atoms with van der Waals surface area (Å²) in [5.41, 5.74) is 0.186. The van der Waals surface area contributed by atoms with Crippen molar-refractivity contribution in [2.45, 2.75) is 172 Å². The molecular formula is C62H94N10O12S. The number of rotatable bonds is 10. The quantitative estimate of drug-likeness (QED) is 0.267. The number of thioether (sulfide) groups is 1. The van der Waals surface area contributed by atoms with Gasteiger partial charge in [-0.25, -0.2) is 0 Å². The minimum absolute atomic E-state index is 0.00168. The molecule has 470 valence electrons. The minimum atomic E-state index is -1.61. The fraction of sp³-hybridized carbons (Fsp3) is 0.645. The van der Waals surface area contributed by atoms with Crippen molar-refractivity contribution in [3.8, 4) is 0 Å². The molecule has 0 aromatic heterocycles. The minimum Gasteiger partial charge on any atom is -0.391 e. The third-order valence-electron chi connectivity index (χ3n) is 16.7. The fourth-order valence-corrected chi connectivity index (χ4v) is 12.3. The maximum atomic E-state index is 15.2. The van der Waals surface area contributed by atoms with Gasteiger partial charge in [-0.2, -0.15) is 11.8 Å². The molecular weight excluding hydrogens is 1110 g/mol. The second kappa shape index (κ2) is 31.2. The predicted molar refractivity (Wildman–Crippen MR) is 324 cm³/mol. The summed E-state index contributed by atoms with van der Waals surface area (Å²) in [4.78, 5) is 156. The highest BCUT2D eigenvalue weighted by Crippen LogP contribution is 2.33. The summed E-state index contributed by atoms with van der Waals surface area (Å²) in [7, 11) is 8.59. The monoisotopic (exact) mass is 1200 g/mol. The normalized spacial score (nSPS) is 27.2. The first kappa shape index (κ1) is 69.2. The topological polar surface area (TPSA) is 259 Å². The Kier molecular flexibility index (Phi) is 25.4. The van der Waals surface area contributed by atoms with Crippen LogP contribution in [0.1, 0.15) is 105 Å². The summed E-state index contributed by atoms with van der Waals surface area (Å²) in [5.74, 6) is -6.72. The van der Waals surface area contributed by atoms with E-state index >= 15 is 14.4 Å². The lowest BCUT2D eigenvalue weighted by Crippen LogP contribution is -2.61. The van der Waals surface area contributed by atoms with Crippen LogP contribution in [0.5, 0.6) is 0 Å². The Bertz CT molecular complexity index is 2660. The van der Waals surface area contributed by atoms with Gasteiger partial charge in [0, 0.05) is 85.6 Å². The van der Waals surface area contributed by atoms with Gasteiger partial charge in [-0.15, -0.1) is 0 Å². The van der Waals surface area contributed by atoms with Gasteiger partial charge in [0.15, 0.2) is 0 Å². The molecule has 2 aromatic rings.